The molecule has 3 rings (SSSR count). The number of hydrogen-bond acceptors (Lipinski definition) is 4. The van der Waals surface area contributed by atoms with Crippen LogP contribution in [0.15, 0.2) is 42.5 Å². The van der Waals surface area contributed by atoms with Gasteiger partial charge in [-0.2, -0.15) is 0 Å². The molecule has 0 heterocycles. The molecule has 2 aromatic carbocycles. The average molecular weight is 409 g/mol. The lowest BCUT2D eigenvalue weighted by Gasteiger charge is -2.15. The highest BCUT2D eigenvalue weighted by Crippen LogP contribution is 2.32. The second-order valence-electron chi connectivity index (χ2n) is 6.54. The van der Waals surface area contributed by atoms with E-state index in [4.69, 9.17) is 16.3 Å². The Hall–Kier alpha value is -2.25. The fourth-order valence-corrected chi connectivity index (χ4v) is 3.83. The predicted octanol–water partition coefficient (Wildman–Crippen LogP) is 4.29. The van der Waals surface area contributed by atoms with Crippen LogP contribution in [0.4, 0.5) is 11.4 Å². The maximum absolute atomic E-state index is 12.6. The van der Waals surface area contributed by atoms with Crippen LogP contribution in [-0.2, 0) is 10.0 Å². The number of carbonyl (C=O) groups excluding carboxylic acids is 1. The standard InChI is InChI=1S/C19H21ClN2O4S/c1-27(24,25)22-17-9-5-4-8-15(17)19(23)21-13-10-11-18(16(20)12-13)26-14-6-2-3-7-14/h4-5,8-12,14,22H,2-3,6-7H2,1H3,(H,21,23). The first kappa shape index (κ1) is 19.5. The summed E-state index contributed by atoms with van der Waals surface area (Å²) in [6, 6.07) is 11.4. The Morgan fingerprint density at radius 1 is 1.15 bits per heavy atom. The van der Waals surface area contributed by atoms with Crippen molar-refractivity contribution in [3.8, 4) is 5.75 Å². The Labute approximate surface area is 163 Å². The van der Waals surface area contributed by atoms with Crippen LogP contribution in [0.2, 0.25) is 5.02 Å². The third-order valence-electron chi connectivity index (χ3n) is 4.25. The highest BCUT2D eigenvalue weighted by molar-refractivity contribution is 7.92. The summed E-state index contributed by atoms with van der Waals surface area (Å²) in [7, 11) is -3.50. The van der Waals surface area contributed by atoms with Gasteiger partial charge in [-0.05, 0) is 56.0 Å². The van der Waals surface area contributed by atoms with Crippen LogP contribution in [-0.4, -0.2) is 26.7 Å². The summed E-state index contributed by atoms with van der Waals surface area (Å²) >= 11 is 6.29. The lowest BCUT2D eigenvalue weighted by atomic mass is 10.1. The van der Waals surface area contributed by atoms with E-state index in [-0.39, 0.29) is 17.4 Å². The van der Waals surface area contributed by atoms with E-state index in [2.05, 4.69) is 10.0 Å². The Morgan fingerprint density at radius 2 is 1.85 bits per heavy atom. The highest BCUT2D eigenvalue weighted by atomic mass is 35.5. The van der Waals surface area contributed by atoms with E-state index in [1.807, 2.05) is 0 Å². The van der Waals surface area contributed by atoms with Gasteiger partial charge in [0.25, 0.3) is 5.91 Å². The zero-order valence-corrected chi connectivity index (χ0v) is 16.4. The average Bonchev–Trinajstić information content (AvgIpc) is 3.09. The molecule has 0 aliphatic heterocycles. The van der Waals surface area contributed by atoms with Gasteiger partial charge >= 0.3 is 0 Å². The van der Waals surface area contributed by atoms with Gasteiger partial charge in [0.15, 0.2) is 0 Å². The van der Waals surface area contributed by atoms with Crippen molar-refractivity contribution in [1.29, 1.82) is 0 Å². The summed E-state index contributed by atoms with van der Waals surface area (Å²) in [5, 5.41) is 3.15. The van der Waals surface area contributed by atoms with Gasteiger partial charge in [-0.1, -0.05) is 23.7 Å². The molecule has 0 radical (unpaired) electrons. The molecule has 0 bridgehead atoms. The first-order chi connectivity index (χ1) is 12.8. The fraction of sp³-hybridized carbons (Fsp3) is 0.316. The zero-order chi connectivity index (χ0) is 19.4. The Morgan fingerprint density at radius 3 is 2.52 bits per heavy atom. The maximum Gasteiger partial charge on any atom is 0.257 e. The number of anilines is 2. The minimum atomic E-state index is -3.50. The molecule has 0 saturated heterocycles. The molecule has 1 aliphatic rings. The first-order valence-corrected chi connectivity index (χ1v) is 10.9. The van der Waals surface area contributed by atoms with Crippen LogP contribution < -0.4 is 14.8 Å². The summed E-state index contributed by atoms with van der Waals surface area (Å²) in [6.07, 6.45) is 5.61. The third-order valence-corrected chi connectivity index (χ3v) is 5.14. The Bertz CT molecular complexity index is 940. The summed E-state index contributed by atoms with van der Waals surface area (Å²) in [5.41, 5.74) is 0.924. The number of ether oxygens (including phenoxy) is 1. The van der Waals surface area contributed by atoms with Crippen LogP contribution in [0.3, 0.4) is 0 Å². The number of benzene rings is 2. The number of amides is 1. The molecular weight excluding hydrogens is 388 g/mol. The van der Waals surface area contributed by atoms with Crippen LogP contribution in [0.1, 0.15) is 36.0 Å². The van der Waals surface area contributed by atoms with Gasteiger partial charge in [-0.3, -0.25) is 9.52 Å². The van der Waals surface area contributed by atoms with E-state index >= 15 is 0 Å². The molecule has 0 atom stereocenters. The smallest absolute Gasteiger partial charge is 0.257 e. The number of halogens is 1. The fourth-order valence-electron chi connectivity index (χ4n) is 3.03. The van der Waals surface area contributed by atoms with Crippen LogP contribution in [0, 0.1) is 0 Å². The molecule has 27 heavy (non-hydrogen) atoms. The van der Waals surface area contributed by atoms with Gasteiger partial charge in [-0.15, -0.1) is 0 Å². The van der Waals surface area contributed by atoms with E-state index in [1.54, 1.807) is 36.4 Å². The van der Waals surface area contributed by atoms with E-state index in [0.717, 1.165) is 31.9 Å². The van der Waals surface area contributed by atoms with Crippen molar-refractivity contribution in [2.24, 2.45) is 0 Å². The molecule has 1 amide bonds. The molecule has 6 nitrogen and oxygen atoms in total. The molecule has 1 aliphatic carbocycles. The topological polar surface area (TPSA) is 84.5 Å². The van der Waals surface area contributed by atoms with E-state index in [9.17, 15) is 13.2 Å². The Balaban J connectivity index is 1.74. The molecule has 1 fully saturated rings. The number of rotatable bonds is 6. The minimum Gasteiger partial charge on any atom is -0.489 e. The molecule has 0 unspecified atom stereocenters. The van der Waals surface area contributed by atoms with Gasteiger partial charge in [0.2, 0.25) is 10.0 Å². The molecular formula is C19H21ClN2O4S. The largest absolute Gasteiger partial charge is 0.489 e. The molecule has 1 saturated carbocycles. The van der Waals surface area contributed by atoms with Crippen molar-refractivity contribution in [3.05, 3.63) is 53.1 Å². The van der Waals surface area contributed by atoms with Gasteiger partial charge in [0.05, 0.1) is 28.6 Å². The second kappa shape index (κ2) is 8.19. The molecule has 8 heteroatoms. The summed E-state index contributed by atoms with van der Waals surface area (Å²) in [6.45, 7) is 0. The molecule has 0 spiro atoms. The Kier molecular flexibility index (Phi) is 5.92. The van der Waals surface area contributed by atoms with Crippen molar-refractivity contribution in [1.82, 2.24) is 0 Å². The number of hydrogen-bond donors (Lipinski definition) is 2. The zero-order valence-electron chi connectivity index (χ0n) is 14.9. The van der Waals surface area contributed by atoms with Gasteiger partial charge in [0, 0.05) is 5.69 Å². The van der Waals surface area contributed by atoms with Crippen molar-refractivity contribution in [3.63, 3.8) is 0 Å². The SMILES string of the molecule is CS(=O)(=O)Nc1ccccc1C(=O)Nc1ccc(OC2CCCC2)c(Cl)c1. The molecule has 144 valence electrons. The number of para-hydroxylation sites is 1. The quantitative estimate of drug-likeness (QED) is 0.746. The molecule has 2 aromatic rings. The lowest BCUT2D eigenvalue weighted by molar-refractivity contribution is 0.102. The highest BCUT2D eigenvalue weighted by Gasteiger charge is 2.18. The summed E-state index contributed by atoms with van der Waals surface area (Å²) in [5.74, 6) is 0.156. The lowest BCUT2D eigenvalue weighted by Crippen LogP contribution is -2.17. The predicted molar refractivity (Wildman–Crippen MR) is 107 cm³/mol. The van der Waals surface area contributed by atoms with E-state index in [1.165, 1.54) is 6.07 Å². The van der Waals surface area contributed by atoms with Crippen molar-refractivity contribution >= 4 is 38.9 Å². The van der Waals surface area contributed by atoms with Crippen molar-refractivity contribution in [2.45, 2.75) is 31.8 Å². The number of carbonyl (C=O) groups is 1. The van der Waals surface area contributed by atoms with E-state index in [0.29, 0.717) is 16.5 Å². The van der Waals surface area contributed by atoms with E-state index < -0.39 is 15.9 Å². The van der Waals surface area contributed by atoms with Crippen molar-refractivity contribution in [2.75, 3.05) is 16.3 Å². The maximum atomic E-state index is 12.6. The summed E-state index contributed by atoms with van der Waals surface area (Å²) in [4.78, 5) is 12.6. The van der Waals surface area contributed by atoms with Crippen molar-refractivity contribution < 1.29 is 17.9 Å². The normalized spacial score (nSPS) is 14.7. The van der Waals surface area contributed by atoms with Crippen LogP contribution >= 0.6 is 11.6 Å². The number of nitrogens with one attached hydrogen (secondary N) is 2. The second-order valence-corrected chi connectivity index (χ2v) is 8.70. The first-order valence-electron chi connectivity index (χ1n) is 8.66. The number of sulfonamides is 1. The van der Waals surface area contributed by atoms with Crippen LogP contribution in [0.5, 0.6) is 5.75 Å². The third kappa shape index (κ3) is 5.37. The van der Waals surface area contributed by atoms with Gasteiger partial charge in [-0.25, -0.2) is 8.42 Å². The van der Waals surface area contributed by atoms with Gasteiger partial charge in [0.1, 0.15) is 5.75 Å². The monoisotopic (exact) mass is 408 g/mol. The minimum absolute atomic E-state index is 0.192. The summed E-state index contributed by atoms with van der Waals surface area (Å²) < 4.78 is 31.2. The van der Waals surface area contributed by atoms with Gasteiger partial charge < -0.3 is 10.1 Å². The molecule has 0 aromatic heterocycles. The molecule has 2 N–H and O–H groups in total. The van der Waals surface area contributed by atoms with Crippen LogP contribution in [0.25, 0.3) is 0 Å².